The summed E-state index contributed by atoms with van der Waals surface area (Å²) in [5, 5.41) is 18.2. The van der Waals surface area contributed by atoms with Gasteiger partial charge in [0, 0.05) is 11.6 Å². The van der Waals surface area contributed by atoms with Gasteiger partial charge in [0.15, 0.2) is 0 Å². The lowest BCUT2D eigenvalue weighted by atomic mass is 10.1. The molecule has 0 bridgehead atoms. The summed E-state index contributed by atoms with van der Waals surface area (Å²) in [6, 6.07) is 4.85. The Labute approximate surface area is 78.9 Å². The van der Waals surface area contributed by atoms with Gasteiger partial charge in [0.05, 0.1) is 16.8 Å². The first kappa shape index (κ1) is 8.58. The Bertz CT molecular complexity index is 490. The second-order valence-electron chi connectivity index (χ2n) is 2.85. The second kappa shape index (κ2) is 3.04. The summed E-state index contributed by atoms with van der Waals surface area (Å²) in [5.74, 6) is -0.998. The quantitative estimate of drug-likeness (QED) is 0.545. The maximum atomic E-state index is 10.8. The zero-order valence-electron chi connectivity index (χ0n) is 7.11. The number of anilines is 1. The highest BCUT2D eigenvalue weighted by Crippen LogP contribution is 2.25. The highest BCUT2D eigenvalue weighted by Gasteiger charge is 2.11. The van der Waals surface area contributed by atoms with Crippen LogP contribution in [0.4, 0.5) is 5.69 Å². The van der Waals surface area contributed by atoms with Crippen LogP contribution >= 0.6 is 0 Å². The van der Waals surface area contributed by atoms with Gasteiger partial charge in [-0.05, 0) is 6.07 Å². The maximum Gasteiger partial charge on any atom is 0.337 e. The molecule has 72 valence electrons. The fourth-order valence-electron chi connectivity index (χ4n) is 1.43. The van der Waals surface area contributed by atoms with E-state index in [0.29, 0.717) is 16.6 Å². The second-order valence-corrected chi connectivity index (χ2v) is 2.85. The summed E-state index contributed by atoms with van der Waals surface area (Å²) in [6.07, 6.45) is 1.51. The predicted octanol–water partition coefficient (Wildman–Crippen LogP) is 1.67. The van der Waals surface area contributed by atoms with E-state index in [9.17, 15) is 4.79 Å². The van der Waals surface area contributed by atoms with Crippen molar-refractivity contribution in [1.29, 1.82) is 0 Å². The molecule has 1 aromatic heterocycles. The highest BCUT2D eigenvalue weighted by atomic mass is 16.5. The van der Waals surface area contributed by atoms with E-state index in [1.165, 1.54) is 12.3 Å². The number of aromatic amines is 1. The van der Waals surface area contributed by atoms with Gasteiger partial charge in [-0.1, -0.05) is 12.1 Å². The average Bonchev–Trinajstić information content (AvgIpc) is 2.59. The van der Waals surface area contributed by atoms with Crippen molar-refractivity contribution >= 4 is 22.6 Å². The number of fused-ring (bicyclic) bond motifs is 1. The Morgan fingerprint density at radius 2 is 2.21 bits per heavy atom. The Balaban J connectivity index is 2.76. The lowest BCUT2D eigenvalue weighted by Gasteiger charge is -1.97. The number of hydrogen-bond acceptors (Lipinski definition) is 3. The summed E-state index contributed by atoms with van der Waals surface area (Å²) in [4.78, 5) is 13.6. The first-order valence-corrected chi connectivity index (χ1v) is 3.97. The predicted molar refractivity (Wildman–Crippen MR) is 50.7 cm³/mol. The number of carbonyl (C=O) groups is 1. The number of carboxylic acids is 1. The van der Waals surface area contributed by atoms with Gasteiger partial charge >= 0.3 is 5.97 Å². The summed E-state index contributed by atoms with van der Waals surface area (Å²) in [5.41, 5.74) is 3.13. The molecule has 0 radical (unpaired) electrons. The van der Waals surface area contributed by atoms with E-state index in [0.717, 1.165) is 0 Å². The smallest absolute Gasteiger partial charge is 0.337 e. The summed E-state index contributed by atoms with van der Waals surface area (Å²) >= 11 is 0. The minimum atomic E-state index is -0.998. The Morgan fingerprint density at radius 1 is 1.43 bits per heavy atom. The van der Waals surface area contributed by atoms with Crippen LogP contribution in [0.15, 0.2) is 24.4 Å². The minimum Gasteiger partial charge on any atom is -0.478 e. The van der Waals surface area contributed by atoms with Gasteiger partial charge in [-0.15, -0.1) is 0 Å². The van der Waals surface area contributed by atoms with Crippen LogP contribution in [0.5, 0.6) is 0 Å². The van der Waals surface area contributed by atoms with Crippen molar-refractivity contribution < 1.29 is 15.1 Å². The molecular formula is C9H8N2O3. The number of aromatic nitrogens is 1. The molecule has 2 rings (SSSR count). The third-order valence-corrected chi connectivity index (χ3v) is 2.07. The van der Waals surface area contributed by atoms with E-state index >= 15 is 0 Å². The van der Waals surface area contributed by atoms with Gasteiger partial charge in [-0.2, -0.15) is 0 Å². The van der Waals surface area contributed by atoms with Crippen LogP contribution in [0.3, 0.4) is 0 Å². The molecule has 0 atom stereocenters. The molecule has 0 spiro atoms. The molecular weight excluding hydrogens is 184 g/mol. The molecule has 5 nitrogen and oxygen atoms in total. The number of hydrogen-bond donors (Lipinski definition) is 4. The number of H-pyrrole nitrogens is 1. The van der Waals surface area contributed by atoms with Crippen molar-refractivity contribution in [2.75, 3.05) is 5.48 Å². The maximum absolute atomic E-state index is 10.8. The summed E-state index contributed by atoms with van der Waals surface area (Å²) in [6.45, 7) is 0. The van der Waals surface area contributed by atoms with Crippen molar-refractivity contribution in [3.8, 4) is 0 Å². The third-order valence-electron chi connectivity index (χ3n) is 2.07. The normalized spacial score (nSPS) is 10.4. The molecule has 0 aliphatic carbocycles. The van der Waals surface area contributed by atoms with Crippen molar-refractivity contribution in [3.63, 3.8) is 0 Å². The van der Waals surface area contributed by atoms with Crippen molar-refractivity contribution in [2.45, 2.75) is 0 Å². The monoisotopic (exact) mass is 192 g/mol. The van der Waals surface area contributed by atoms with Crippen LogP contribution in [0.2, 0.25) is 0 Å². The minimum absolute atomic E-state index is 0.184. The number of benzene rings is 1. The Morgan fingerprint density at radius 3 is 2.86 bits per heavy atom. The Kier molecular flexibility index (Phi) is 1.86. The largest absolute Gasteiger partial charge is 0.478 e. The van der Waals surface area contributed by atoms with E-state index in [4.69, 9.17) is 10.3 Å². The van der Waals surface area contributed by atoms with Crippen LogP contribution < -0.4 is 5.48 Å². The van der Waals surface area contributed by atoms with Gasteiger partial charge in [0.2, 0.25) is 0 Å². The fraction of sp³-hybridized carbons (Fsp3) is 0. The average molecular weight is 192 g/mol. The number of aromatic carboxylic acids is 1. The molecule has 0 amide bonds. The Hall–Kier alpha value is -2.01. The van der Waals surface area contributed by atoms with Crippen molar-refractivity contribution in [3.05, 3.63) is 30.0 Å². The number of para-hydroxylation sites is 1. The molecule has 0 aliphatic heterocycles. The van der Waals surface area contributed by atoms with Crippen LogP contribution in [-0.4, -0.2) is 21.3 Å². The van der Waals surface area contributed by atoms with E-state index in [1.54, 1.807) is 12.1 Å². The van der Waals surface area contributed by atoms with Crippen molar-refractivity contribution in [2.24, 2.45) is 0 Å². The van der Waals surface area contributed by atoms with E-state index in [-0.39, 0.29) is 5.56 Å². The van der Waals surface area contributed by atoms with Gasteiger partial charge in [-0.25, -0.2) is 4.79 Å². The van der Waals surface area contributed by atoms with Crippen LogP contribution in [0.25, 0.3) is 10.9 Å². The lowest BCUT2D eigenvalue weighted by Crippen LogP contribution is -1.96. The molecule has 2 aromatic rings. The SMILES string of the molecule is O=C(O)c1cccc2c(NO)c[nH]c12. The molecule has 0 unspecified atom stereocenters. The molecule has 4 N–H and O–H groups in total. The standard InChI is InChI=1S/C9H8N2O3/c12-9(13)6-3-1-2-5-7(11-14)4-10-8(5)6/h1-4,10-11,14H,(H,12,13). The van der Waals surface area contributed by atoms with Gasteiger partial charge in [0.1, 0.15) is 0 Å². The molecule has 1 heterocycles. The van der Waals surface area contributed by atoms with E-state index in [1.807, 2.05) is 5.48 Å². The van der Waals surface area contributed by atoms with Gasteiger partial charge in [-0.3, -0.25) is 10.7 Å². The fourth-order valence-corrected chi connectivity index (χ4v) is 1.43. The topological polar surface area (TPSA) is 85.3 Å². The third kappa shape index (κ3) is 1.11. The zero-order valence-corrected chi connectivity index (χ0v) is 7.11. The van der Waals surface area contributed by atoms with Gasteiger partial charge < -0.3 is 10.1 Å². The summed E-state index contributed by atoms with van der Waals surface area (Å²) in [7, 11) is 0. The van der Waals surface area contributed by atoms with Crippen molar-refractivity contribution in [1.82, 2.24) is 4.98 Å². The molecule has 0 saturated carbocycles. The molecule has 0 aliphatic rings. The number of carboxylic acid groups (broad SMARTS) is 1. The van der Waals surface area contributed by atoms with Crippen LogP contribution in [-0.2, 0) is 0 Å². The molecule has 0 fully saturated rings. The van der Waals surface area contributed by atoms with Crippen LogP contribution in [0.1, 0.15) is 10.4 Å². The number of nitrogens with one attached hydrogen (secondary N) is 2. The lowest BCUT2D eigenvalue weighted by molar-refractivity contribution is 0.0699. The van der Waals surface area contributed by atoms with E-state index < -0.39 is 5.97 Å². The highest BCUT2D eigenvalue weighted by molar-refractivity contribution is 6.05. The van der Waals surface area contributed by atoms with Crippen LogP contribution in [0, 0.1) is 0 Å². The first-order chi connectivity index (χ1) is 6.74. The molecule has 14 heavy (non-hydrogen) atoms. The number of rotatable bonds is 2. The first-order valence-electron chi connectivity index (χ1n) is 3.97. The van der Waals surface area contributed by atoms with E-state index in [2.05, 4.69) is 4.98 Å². The molecule has 5 heteroatoms. The van der Waals surface area contributed by atoms with Gasteiger partial charge in [0.25, 0.3) is 0 Å². The summed E-state index contributed by atoms with van der Waals surface area (Å²) < 4.78 is 0. The zero-order chi connectivity index (χ0) is 10.1. The molecule has 1 aromatic carbocycles. The molecule has 0 saturated heterocycles.